The van der Waals surface area contributed by atoms with Crippen molar-refractivity contribution in [2.45, 2.75) is 6.04 Å². The number of piperazine rings is 1. The van der Waals surface area contributed by atoms with Gasteiger partial charge in [0.05, 0.1) is 0 Å². The van der Waals surface area contributed by atoms with Crippen LogP contribution in [0.3, 0.4) is 0 Å². The number of hydrogen-bond donors (Lipinski definition) is 3. The summed E-state index contributed by atoms with van der Waals surface area (Å²) in [6, 6.07) is 3.84. The summed E-state index contributed by atoms with van der Waals surface area (Å²) in [5.74, 6) is 0.317. The van der Waals surface area contributed by atoms with Crippen LogP contribution >= 0.6 is 31.9 Å². The van der Waals surface area contributed by atoms with Crippen LogP contribution in [0.5, 0.6) is 5.75 Å². The minimum atomic E-state index is 0.168. The van der Waals surface area contributed by atoms with Crippen molar-refractivity contribution in [3.63, 3.8) is 0 Å². The molecule has 1 saturated heterocycles. The summed E-state index contributed by atoms with van der Waals surface area (Å²) in [5.41, 5.74) is 0.922. The minimum Gasteiger partial charge on any atom is -0.508 e. The third kappa shape index (κ3) is 2.53. The van der Waals surface area contributed by atoms with Crippen molar-refractivity contribution >= 4 is 31.9 Å². The molecule has 0 spiro atoms. The van der Waals surface area contributed by atoms with Gasteiger partial charge in [-0.2, -0.15) is 0 Å². The van der Waals surface area contributed by atoms with Gasteiger partial charge in [0.1, 0.15) is 5.75 Å². The molecule has 1 aromatic rings. The van der Waals surface area contributed by atoms with E-state index in [2.05, 4.69) is 42.5 Å². The molecule has 5 heteroatoms. The zero-order valence-electron chi connectivity index (χ0n) is 8.06. The fraction of sp³-hybridized carbons (Fsp3) is 0.400. The van der Waals surface area contributed by atoms with Crippen LogP contribution in [0.2, 0.25) is 0 Å². The van der Waals surface area contributed by atoms with Gasteiger partial charge in [0, 0.05) is 40.2 Å². The van der Waals surface area contributed by atoms with E-state index in [0.717, 1.165) is 34.1 Å². The lowest BCUT2D eigenvalue weighted by atomic mass is 10.0. The Kier molecular flexibility index (Phi) is 3.66. The molecule has 1 atom stereocenters. The summed E-state index contributed by atoms with van der Waals surface area (Å²) in [7, 11) is 0. The number of nitrogens with one attached hydrogen (secondary N) is 2. The molecule has 15 heavy (non-hydrogen) atoms. The van der Waals surface area contributed by atoms with Gasteiger partial charge in [0.2, 0.25) is 0 Å². The monoisotopic (exact) mass is 334 g/mol. The Morgan fingerprint density at radius 1 is 1.27 bits per heavy atom. The highest BCUT2D eigenvalue weighted by atomic mass is 79.9. The lowest BCUT2D eigenvalue weighted by molar-refractivity contribution is 0.403. The average molecular weight is 336 g/mol. The Morgan fingerprint density at radius 3 is 2.67 bits per heavy atom. The molecule has 3 nitrogen and oxygen atoms in total. The van der Waals surface area contributed by atoms with Crippen LogP contribution in [0.4, 0.5) is 0 Å². The van der Waals surface area contributed by atoms with Crippen molar-refractivity contribution < 1.29 is 5.11 Å². The van der Waals surface area contributed by atoms with E-state index < -0.39 is 0 Å². The van der Waals surface area contributed by atoms with Gasteiger partial charge in [-0.15, -0.1) is 0 Å². The number of hydrogen-bond acceptors (Lipinski definition) is 3. The van der Waals surface area contributed by atoms with Crippen molar-refractivity contribution in [2.24, 2.45) is 0 Å². The smallest absolute Gasteiger partial charge is 0.122 e. The Bertz CT molecular complexity index is 341. The first kappa shape index (κ1) is 11.4. The van der Waals surface area contributed by atoms with Gasteiger partial charge in [0.25, 0.3) is 0 Å². The highest BCUT2D eigenvalue weighted by Gasteiger charge is 2.20. The van der Waals surface area contributed by atoms with E-state index in [1.54, 1.807) is 6.07 Å². The van der Waals surface area contributed by atoms with Crippen molar-refractivity contribution in [1.82, 2.24) is 10.6 Å². The third-order valence-corrected chi connectivity index (χ3v) is 3.58. The molecular formula is C10H12Br2N2O. The second-order valence-corrected chi connectivity index (χ2v) is 5.30. The van der Waals surface area contributed by atoms with Gasteiger partial charge >= 0.3 is 0 Å². The van der Waals surface area contributed by atoms with Crippen molar-refractivity contribution in [3.8, 4) is 5.75 Å². The van der Waals surface area contributed by atoms with Crippen molar-refractivity contribution in [3.05, 3.63) is 26.6 Å². The van der Waals surface area contributed by atoms with Gasteiger partial charge in [0.15, 0.2) is 0 Å². The predicted molar refractivity (Wildman–Crippen MR) is 67.1 cm³/mol. The van der Waals surface area contributed by atoms with Gasteiger partial charge < -0.3 is 15.7 Å². The summed E-state index contributed by atoms with van der Waals surface area (Å²) in [4.78, 5) is 0. The molecule has 1 aliphatic rings. The summed E-state index contributed by atoms with van der Waals surface area (Å²) < 4.78 is 1.80. The zero-order valence-corrected chi connectivity index (χ0v) is 11.2. The summed E-state index contributed by atoms with van der Waals surface area (Å²) in [6.07, 6.45) is 0. The van der Waals surface area contributed by atoms with E-state index >= 15 is 0 Å². The molecule has 1 heterocycles. The van der Waals surface area contributed by atoms with Gasteiger partial charge in [-0.1, -0.05) is 31.9 Å². The van der Waals surface area contributed by atoms with Crippen LogP contribution in [0.25, 0.3) is 0 Å². The fourth-order valence-corrected chi connectivity index (χ4v) is 3.25. The molecule has 0 unspecified atom stereocenters. The zero-order chi connectivity index (χ0) is 10.8. The van der Waals surface area contributed by atoms with Gasteiger partial charge in [-0.05, 0) is 12.1 Å². The number of halogens is 2. The first-order valence-electron chi connectivity index (χ1n) is 4.80. The molecular weight excluding hydrogens is 324 g/mol. The SMILES string of the molecule is Oc1cc(Br)cc(Br)c1[C@H]1CNCCN1. The van der Waals surface area contributed by atoms with Crippen LogP contribution in [0, 0.1) is 0 Å². The van der Waals surface area contributed by atoms with Crippen molar-refractivity contribution in [2.75, 3.05) is 19.6 Å². The Balaban J connectivity index is 2.33. The molecule has 2 rings (SSSR count). The Morgan fingerprint density at radius 2 is 2.07 bits per heavy atom. The lowest BCUT2D eigenvalue weighted by Crippen LogP contribution is -2.42. The van der Waals surface area contributed by atoms with E-state index in [9.17, 15) is 5.11 Å². The van der Waals surface area contributed by atoms with Crippen LogP contribution < -0.4 is 10.6 Å². The van der Waals surface area contributed by atoms with Crippen LogP contribution in [-0.4, -0.2) is 24.7 Å². The molecule has 1 aliphatic heterocycles. The maximum atomic E-state index is 9.90. The van der Waals surface area contributed by atoms with E-state index in [0.29, 0.717) is 5.75 Å². The first-order valence-corrected chi connectivity index (χ1v) is 6.39. The summed E-state index contributed by atoms with van der Waals surface area (Å²) >= 11 is 6.82. The molecule has 0 aliphatic carbocycles. The van der Waals surface area contributed by atoms with Crippen LogP contribution in [0.1, 0.15) is 11.6 Å². The second kappa shape index (κ2) is 4.82. The van der Waals surface area contributed by atoms with E-state index in [1.807, 2.05) is 6.07 Å². The topological polar surface area (TPSA) is 44.3 Å². The van der Waals surface area contributed by atoms with Gasteiger partial charge in [-0.25, -0.2) is 0 Å². The standard InChI is InChI=1S/C10H12Br2N2O/c11-6-3-7(12)10(9(15)4-6)8-5-13-1-2-14-8/h3-4,8,13-15H,1-2,5H2/t8-/m1/s1. The molecule has 0 aromatic heterocycles. The highest BCUT2D eigenvalue weighted by Crippen LogP contribution is 2.35. The minimum absolute atomic E-state index is 0.168. The normalized spacial score (nSPS) is 21.6. The highest BCUT2D eigenvalue weighted by molar-refractivity contribution is 9.11. The van der Waals surface area contributed by atoms with Gasteiger partial charge in [-0.3, -0.25) is 0 Å². The molecule has 1 fully saturated rings. The van der Waals surface area contributed by atoms with E-state index in [-0.39, 0.29) is 6.04 Å². The quantitative estimate of drug-likeness (QED) is 0.737. The van der Waals surface area contributed by atoms with Crippen LogP contribution in [0.15, 0.2) is 21.1 Å². The predicted octanol–water partition coefficient (Wildman–Crippen LogP) is 2.15. The lowest BCUT2D eigenvalue weighted by Gasteiger charge is -2.26. The summed E-state index contributed by atoms with van der Waals surface area (Å²) in [5, 5.41) is 16.6. The average Bonchev–Trinajstić information content (AvgIpc) is 2.17. The Hall–Kier alpha value is -0.100. The third-order valence-electron chi connectivity index (χ3n) is 2.46. The number of rotatable bonds is 1. The van der Waals surface area contributed by atoms with Crippen LogP contribution in [-0.2, 0) is 0 Å². The maximum absolute atomic E-state index is 9.90. The fourth-order valence-electron chi connectivity index (χ4n) is 1.77. The maximum Gasteiger partial charge on any atom is 0.122 e. The number of phenols is 1. The molecule has 0 amide bonds. The number of aromatic hydroxyl groups is 1. The molecule has 0 saturated carbocycles. The molecule has 0 bridgehead atoms. The second-order valence-electron chi connectivity index (χ2n) is 3.53. The molecule has 1 aromatic carbocycles. The van der Waals surface area contributed by atoms with E-state index in [1.165, 1.54) is 0 Å². The molecule has 82 valence electrons. The number of benzene rings is 1. The molecule has 3 N–H and O–H groups in total. The molecule has 0 radical (unpaired) electrons. The largest absolute Gasteiger partial charge is 0.508 e. The first-order chi connectivity index (χ1) is 7.18. The van der Waals surface area contributed by atoms with Crippen molar-refractivity contribution in [1.29, 1.82) is 0 Å². The van der Waals surface area contributed by atoms with E-state index in [4.69, 9.17) is 0 Å². The number of phenolic OH excluding ortho intramolecular Hbond substituents is 1. The summed E-state index contributed by atoms with van der Waals surface area (Å²) in [6.45, 7) is 2.74. The Labute approximate surface area is 106 Å².